The highest BCUT2D eigenvalue weighted by Gasteiger charge is 2.17. The number of halogens is 1. The van der Waals surface area contributed by atoms with Crippen molar-refractivity contribution in [1.82, 2.24) is 4.98 Å². The van der Waals surface area contributed by atoms with Gasteiger partial charge in [0.1, 0.15) is 11.5 Å². The summed E-state index contributed by atoms with van der Waals surface area (Å²) in [6.45, 7) is 3.98. The van der Waals surface area contributed by atoms with Crippen molar-refractivity contribution in [3.8, 4) is 22.8 Å². The number of anilines is 1. The number of nitrogens with zero attached hydrogens (tertiary/aromatic N) is 1. The lowest BCUT2D eigenvalue weighted by Gasteiger charge is -2.13. The number of aryl methyl sites for hydroxylation is 2. The summed E-state index contributed by atoms with van der Waals surface area (Å²) in [6.07, 6.45) is 0.211. The van der Waals surface area contributed by atoms with Crippen molar-refractivity contribution in [3.05, 3.63) is 56.9 Å². The number of thiazole rings is 1. The van der Waals surface area contributed by atoms with Gasteiger partial charge < -0.3 is 14.8 Å². The van der Waals surface area contributed by atoms with Crippen LogP contribution in [0.5, 0.6) is 11.5 Å². The van der Waals surface area contributed by atoms with E-state index in [-0.39, 0.29) is 12.3 Å². The molecule has 28 heavy (non-hydrogen) atoms. The summed E-state index contributed by atoms with van der Waals surface area (Å²) in [5, 5.41) is 4.22. The Kier molecular flexibility index (Phi) is 6.21. The van der Waals surface area contributed by atoms with E-state index in [1.165, 1.54) is 31.1 Å². The van der Waals surface area contributed by atoms with Crippen molar-refractivity contribution in [2.75, 3.05) is 19.5 Å². The summed E-state index contributed by atoms with van der Waals surface area (Å²) in [5.41, 5.74) is 3.53. The number of nitrogens with one attached hydrogen (secondary N) is 1. The first-order valence-electron chi connectivity index (χ1n) is 8.66. The molecule has 1 amide bonds. The van der Waals surface area contributed by atoms with Gasteiger partial charge in [0.05, 0.1) is 42.1 Å². The predicted octanol–water partition coefficient (Wildman–Crippen LogP) is 5.28. The summed E-state index contributed by atoms with van der Waals surface area (Å²) in [5.74, 6) is 0.768. The fraction of sp³-hybridized carbons (Fsp3) is 0.238. The molecule has 0 bridgehead atoms. The van der Waals surface area contributed by atoms with E-state index in [0.29, 0.717) is 22.2 Å². The average molecular weight is 417 g/mol. The number of ether oxygens (including phenoxy) is 2. The third-order valence-corrected chi connectivity index (χ3v) is 5.46. The van der Waals surface area contributed by atoms with Crippen LogP contribution in [0.1, 0.15) is 15.4 Å². The molecule has 146 valence electrons. The molecule has 0 atom stereocenters. The molecule has 0 saturated carbocycles. The maximum atomic E-state index is 12.7. The van der Waals surface area contributed by atoms with Gasteiger partial charge in [0.2, 0.25) is 5.91 Å². The average Bonchev–Trinajstić information content (AvgIpc) is 3.03. The lowest BCUT2D eigenvalue weighted by Crippen LogP contribution is -2.15. The Hall–Kier alpha value is -2.57. The maximum Gasteiger partial charge on any atom is 0.229 e. The monoisotopic (exact) mass is 416 g/mol. The fourth-order valence-electron chi connectivity index (χ4n) is 2.82. The number of aromatic nitrogens is 1. The van der Waals surface area contributed by atoms with Gasteiger partial charge in [-0.15, -0.1) is 11.3 Å². The van der Waals surface area contributed by atoms with Crippen LogP contribution in [0.25, 0.3) is 11.3 Å². The second-order valence-electron chi connectivity index (χ2n) is 6.28. The highest BCUT2D eigenvalue weighted by molar-refractivity contribution is 7.12. The first kappa shape index (κ1) is 20.2. The lowest BCUT2D eigenvalue weighted by molar-refractivity contribution is -0.115. The molecule has 2 aromatic carbocycles. The first-order valence-corrected chi connectivity index (χ1v) is 9.85. The van der Waals surface area contributed by atoms with Gasteiger partial charge in [-0.2, -0.15) is 0 Å². The van der Waals surface area contributed by atoms with Crippen LogP contribution in [-0.2, 0) is 11.2 Å². The zero-order chi connectivity index (χ0) is 20.3. The van der Waals surface area contributed by atoms with Crippen molar-refractivity contribution in [3.63, 3.8) is 0 Å². The maximum absolute atomic E-state index is 12.7. The van der Waals surface area contributed by atoms with Gasteiger partial charge in [-0.05, 0) is 13.8 Å². The number of hydrogen-bond acceptors (Lipinski definition) is 5. The number of carbonyl (C=O) groups is 1. The third kappa shape index (κ3) is 4.46. The normalized spacial score (nSPS) is 10.6. The number of carbonyl (C=O) groups excluding carboxylic acids is 1. The Morgan fingerprint density at radius 2 is 1.79 bits per heavy atom. The van der Waals surface area contributed by atoms with Crippen molar-refractivity contribution in [2.24, 2.45) is 0 Å². The van der Waals surface area contributed by atoms with Crippen LogP contribution in [0, 0.1) is 13.8 Å². The van der Waals surface area contributed by atoms with Crippen LogP contribution in [0.15, 0.2) is 36.4 Å². The molecule has 0 aliphatic carbocycles. The van der Waals surface area contributed by atoms with Crippen LogP contribution >= 0.6 is 22.9 Å². The second kappa shape index (κ2) is 8.63. The minimum absolute atomic E-state index is 0.167. The van der Waals surface area contributed by atoms with E-state index in [2.05, 4.69) is 10.3 Å². The highest BCUT2D eigenvalue weighted by atomic mass is 35.5. The number of amides is 1. The molecule has 0 aliphatic rings. The molecule has 1 N–H and O–H groups in total. The van der Waals surface area contributed by atoms with Gasteiger partial charge in [0.25, 0.3) is 0 Å². The second-order valence-corrected chi connectivity index (χ2v) is 7.98. The molecule has 7 heteroatoms. The van der Waals surface area contributed by atoms with E-state index in [1.54, 1.807) is 12.1 Å². The number of methoxy groups -OCH3 is 2. The van der Waals surface area contributed by atoms with E-state index in [0.717, 1.165) is 21.1 Å². The molecule has 0 saturated heterocycles. The molecule has 0 fully saturated rings. The van der Waals surface area contributed by atoms with Crippen molar-refractivity contribution >= 4 is 34.5 Å². The minimum Gasteiger partial charge on any atom is -0.495 e. The van der Waals surface area contributed by atoms with Gasteiger partial charge in [-0.1, -0.05) is 41.4 Å². The molecule has 1 aromatic heterocycles. The molecular formula is C21H21ClN2O3S. The SMILES string of the molecule is COc1cc(NC(=O)Cc2sc(C)nc2-c2ccc(C)cc2)c(OC)cc1Cl. The van der Waals surface area contributed by atoms with E-state index < -0.39 is 0 Å². The smallest absolute Gasteiger partial charge is 0.229 e. The molecule has 3 rings (SSSR count). The largest absolute Gasteiger partial charge is 0.495 e. The van der Waals surface area contributed by atoms with Crippen molar-refractivity contribution in [1.29, 1.82) is 0 Å². The third-order valence-electron chi connectivity index (χ3n) is 4.20. The Balaban J connectivity index is 1.84. The molecule has 3 aromatic rings. The molecule has 0 spiro atoms. The van der Waals surface area contributed by atoms with Gasteiger partial charge in [-0.25, -0.2) is 4.98 Å². The van der Waals surface area contributed by atoms with E-state index in [1.807, 2.05) is 38.1 Å². The number of rotatable bonds is 6. The zero-order valence-electron chi connectivity index (χ0n) is 16.1. The summed E-state index contributed by atoms with van der Waals surface area (Å²) in [4.78, 5) is 18.3. The van der Waals surface area contributed by atoms with Crippen LogP contribution in [-0.4, -0.2) is 25.1 Å². The Labute approximate surface area is 173 Å². The van der Waals surface area contributed by atoms with Crippen LogP contribution in [0.2, 0.25) is 5.02 Å². The summed E-state index contributed by atoms with van der Waals surface area (Å²) >= 11 is 7.65. The summed E-state index contributed by atoms with van der Waals surface area (Å²) in [7, 11) is 3.04. The zero-order valence-corrected chi connectivity index (χ0v) is 17.7. The Bertz CT molecular complexity index is 1000. The van der Waals surface area contributed by atoms with Crippen molar-refractivity contribution in [2.45, 2.75) is 20.3 Å². The predicted molar refractivity (Wildman–Crippen MR) is 114 cm³/mol. The van der Waals surface area contributed by atoms with E-state index >= 15 is 0 Å². The number of hydrogen-bond donors (Lipinski definition) is 1. The van der Waals surface area contributed by atoms with Crippen molar-refractivity contribution < 1.29 is 14.3 Å². The molecule has 0 unspecified atom stereocenters. The van der Waals surface area contributed by atoms with Gasteiger partial charge in [0, 0.05) is 22.6 Å². The topological polar surface area (TPSA) is 60.5 Å². The highest BCUT2D eigenvalue weighted by Crippen LogP contribution is 2.36. The quantitative estimate of drug-likeness (QED) is 0.594. The standard InChI is InChI=1S/C21H21ClN2O3S/c1-12-5-7-14(8-6-12)21-19(28-13(2)23-21)11-20(25)24-16-10-17(26-3)15(22)9-18(16)27-4/h5-10H,11H2,1-4H3,(H,24,25). The fourth-order valence-corrected chi connectivity index (χ4v) is 4.01. The number of benzene rings is 2. The molecule has 1 heterocycles. The Morgan fingerprint density at radius 1 is 1.11 bits per heavy atom. The molecular weight excluding hydrogens is 396 g/mol. The van der Waals surface area contributed by atoms with Crippen LogP contribution < -0.4 is 14.8 Å². The van der Waals surface area contributed by atoms with Crippen LogP contribution in [0.4, 0.5) is 5.69 Å². The molecule has 0 radical (unpaired) electrons. The van der Waals surface area contributed by atoms with E-state index in [9.17, 15) is 4.79 Å². The Morgan fingerprint density at radius 3 is 2.43 bits per heavy atom. The van der Waals surface area contributed by atoms with Gasteiger partial charge in [0.15, 0.2) is 0 Å². The minimum atomic E-state index is -0.167. The summed E-state index contributed by atoms with van der Waals surface area (Å²) < 4.78 is 10.5. The summed E-state index contributed by atoms with van der Waals surface area (Å²) in [6, 6.07) is 11.4. The van der Waals surface area contributed by atoms with Gasteiger partial charge >= 0.3 is 0 Å². The van der Waals surface area contributed by atoms with Crippen LogP contribution in [0.3, 0.4) is 0 Å². The molecule has 5 nitrogen and oxygen atoms in total. The molecule has 0 aliphatic heterocycles. The van der Waals surface area contributed by atoms with Gasteiger partial charge in [-0.3, -0.25) is 4.79 Å². The van der Waals surface area contributed by atoms with E-state index in [4.69, 9.17) is 21.1 Å². The first-order chi connectivity index (χ1) is 13.4. The lowest BCUT2D eigenvalue weighted by atomic mass is 10.1.